The number of benzene rings is 1. The molecule has 1 aliphatic rings. The number of carbonyl (C=O) groups is 1. The first-order valence-corrected chi connectivity index (χ1v) is 8.04. The smallest absolute Gasteiger partial charge is 0.244 e. The van der Waals surface area contributed by atoms with Gasteiger partial charge in [-0.25, -0.2) is 0 Å². The van der Waals surface area contributed by atoms with Crippen molar-refractivity contribution in [2.75, 3.05) is 23.3 Å². The lowest BCUT2D eigenvalue weighted by molar-refractivity contribution is -0.122. The van der Waals surface area contributed by atoms with Crippen LogP contribution >= 0.6 is 0 Å². The lowest BCUT2D eigenvalue weighted by atomic mass is 9.82. The van der Waals surface area contributed by atoms with Gasteiger partial charge in [-0.3, -0.25) is 4.79 Å². The first-order chi connectivity index (χ1) is 10.1. The van der Waals surface area contributed by atoms with Gasteiger partial charge in [-0.05, 0) is 51.0 Å². The molecular weight excluding hydrogens is 262 g/mol. The predicted molar refractivity (Wildman–Crippen MR) is 88.6 cm³/mol. The van der Waals surface area contributed by atoms with E-state index < -0.39 is 5.54 Å². The Morgan fingerprint density at radius 1 is 1.14 bits per heavy atom. The zero-order valence-electron chi connectivity index (χ0n) is 13.2. The molecule has 0 unspecified atom stereocenters. The molecule has 1 amide bonds. The monoisotopic (exact) mass is 289 g/mol. The van der Waals surface area contributed by atoms with Gasteiger partial charge < -0.3 is 16.0 Å². The van der Waals surface area contributed by atoms with Gasteiger partial charge >= 0.3 is 0 Å². The minimum atomic E-state index is -0.685. The van der Waals surface area contributed by atoms with Crippen molar-refractivity contribution in [2.24, 2.45) is 5.73 Å². The van der Waals surface area contributed by atoms with Crippen molar-refractivity contribution in [1.82, 2.24) is 0 Å². The quantitative estimate of drug-likeness (QED) is 0.875. The Balaban J connectivity index is 2.01. The minimum absolute atomic E-state index is 0.0437. The van der Waals surface area contributed by atoms with E-state index in [-0.39, 0.29) is 5.91 Å². The Morgan fingerprint density at radius 2 is 1.71 bits per heavy atom. The lowest BCUT2D eigenvalue weighted by Gasteiger charge is -2.31. The molecule has 21 heavy (non-hydrogen) atoms. The molecule has 116 valence electrons. The van der Waals surface area contributed by atoms with E-state index in [1.54, 1.807) is 0 Å². The van der Waals surface area contributed by atoms with Gasteiger partial charge in [-0.1, -0.05) is 19.3 Å². The molecule has 0 heterocycles. The number of nitrogens with two attached hydrogens (primary N) is 1. The summed E-state index contributed by atoms with van der Waals surface area (Å²) in [6, 6.07) is 8.01. The number of amides is 1. The highest BCUT2D eigenvalue weighted by molar-refractivity contribution is 5.98. The number of hydrogen-bond acceptors (Lipinski definition) is 3. The number of anilines is 2. The van der Waals surface area contributed by atoms with E-state index in [2.05, 4.69) is 24.1 Å². The lowest BCUT2D eigenvalue weighted by Crippen LogP contribution is -2.52. The van der Waals surface area contributed by atoms with Crippen molar-refractivity contribution in [2.45, 2.75) is 51.5 Å². The van der Waals surface area contributed by atoms with Crippen molar-refractivity contribution >= 4 is 17.3 Å². The van der Waals surface area contributed by atoms with Crippen LogP contribution in [0.25, 0.3) is 0 Å². The van der Waals surface area contributed by atoms with Crippen molar-refractivity contribution < 1.29 is 4.79 Å². The molecular formula is C17H27N3O. The molecule has 1 aromatic carbocycles. The summed E-state index contributed by atoms with van der Waals surface area (Å²) in [5, 5.41) is 2.97. The van der Waals surface area contributed by atoms with Crippen molar-refractivity contribution in [3.63, 3.8) is 0 Å². The third kappa shape index (κ3) is 3.76. The molecule has 0 aromatic heterocycles. The molecule has 1 aromatic rings. The van der Waals surface area contributed by atoms with Gasteiger partial charge in [0.15, 0.2) is 0 Å². The van der Waals surface area contributed by atoms with E-state index in [0.717, 1.165) is 44.5 Å². The highest BCUT2D eigenvalue weighted by Gasteiger charge is 2.35. The van der Waals surface area contributed by atoms with Crippen molar-refractivity contribution in [3.05, 3.63) is 24.3 Å². The standard InChI is InChI=1S/C17H27N3O/c1-3-20(4-2)15-10-8-14(9-11-15)19-16(21)17(18)12-6-5-7-13-17/h8-11H,3-7,12-13,18H2,1-2H3,(H,19,21). The minimum Gasteiger partial charge on any atom is -0.372 e. The van der Waals surface area contributed by atoms with Gasteiger partial charge in [0.05, 0.1) is 5.54 Å². The average molecular weight is 289 g/mol. The molecule has 0 aliphatic heterocycles. The van der Waals surface area contributed by atoms with Crippen LogP contribution in [0.1, 0.15) is 46.0 Å². The summed E-state index contributed by atoms with van der Waals surface area (Å²) in [6.07, 6.45) is 4.85. The first kappa shape index (κ1) is 15.8. The second-order valence-corrected chi connectivity index (χ2v) is 5.89. The molecule has 0 saturated heterocycles. The Kier molecular flexibility index (Phi) is 5.23. The van der Waals surface area contributed by atoms with E-state index in [9.17, 15) is 4.79 Å². The van der Waals surface area contributed by atoms with E-state index >= 15 is 0 Å². The van der Waals surface area contributed by atoms with E-state index in [1.807, 2.05) is 24.3 Å². The Bertz CT molecular complexity index is 459. The van der Waals surface area contributed by atoms with Gasteiger partial charge in [0.25, 0.3) is 0 Å². The topological polar surface area (TPSA) is 58.4 Å². The summed E-state index contributed by atoms with van der Waals surface area (Å²) in [5.74, 6) is -0.0437. The molecule has 0 bridgehead atoms. The summed E-state index contributed by atoms with van der Waals surface area (Å²) >= 11 is 0. The highest BCUT2D eigenvalue weighted by Crippen LogP contribution is 2.27. The Morgan fingerprint density at radius 3 is 2.24 bits per heavy atom. The summed E-state index contributed by atoms with van der Waals surface area (Å²) in [5.41, 5.74) is 7.57. The van der Waals surface area contributed by atoms with Crippen molar-refractivity contribution in [3.8, 4) is 0 Å². The van der Waals surface area contributed by atoms with Gasteiger partial charge in [0.2, 0.25) is 5.91 Å². The molecule has 4 nitrogen and oxygen atoms in total. The number of rotatable bonds is 5. The molecule has 3 N–H and O–H groups in total. The Labute approximate surface area is 127 Å². The maximum Gasteiger partial charge on any atom is 0.244 e. The second-order valence-electron chi connectivity index (χ2n) is 5.89. The van der Waals surface area contributed by atoms with Crippen LogP contribution in [-0.4, -0.2) is 24.5 Å². The molecule has 2 rings (SSSR count). The van der Waals surface area contributed by atoms with Crippen molar-refractivity contribution in [1.29, 1.82) is 0 Å². The van der Waals surface area contributed by atoms with Gasteiger partial charge in [0, 0.05) is 24.5 Å². The van der Waals surface area contributed by atoms with Gasteiger partial charge in [-0.2, -0.15) is 0 Å². The van der Waals surface area contributed by atoms with Crippen LogP contribution in [0.2, 0.25) is 0 Å². The summed E-state index contributed by atoms with van der Waals surface area (Å²) in [4.78, 5) is 14.6. The third-order valence-corrected chi connectivity index (χ3v) is 4.45. The molecule has 4 heteroatoms. The fourth-order valence-corrected chi connectivity index (χ4v) is 3.01. The fourth-order valence-electron chi connectivity index (χ4n) is 3.01. The maximum atomic E-state index is 12.4. The molecule has 1 fully saturated rings. The zero-order valence-corrected chi connectivity index (χ0v) is 13.2. The fraction of sp³-hybridized carbons (Fsp3) is 0.588. The molecule has 1 saturated carbocycles. The molecule has 0 radical (unpaired) electrons. The van der Waals surface area contributed by atoms with Gasteiger partial charge in [0.1, 0.15) is 0 Å². The van der Waals surface area contributed by atoms with E-state index in [1.165, 1.54) is 12.1 Å². The number of nitrogens with one attached hydrogen (secondary N) is 1. The number of nitrogens with zero attached hydrogens (tertiary/aromatic N) is 1. The van der Waals surface area contributed by atoms with Crippen LogP contribution in [-0.2, 0) is 4.79 Å². The predicted octanol–water partition coefficient (Wildman–Crippen LogP) is 3.13. The molecule has 0 atom stereocenters. The normalized spacial score (nSPS) is 17.3. The average Bonchev–Trinajstić information content (AvgIpc) is 2.51. The van der Waals surface area contributed by atoms with Crippen LogP contribution in [0.3, 0.4) is 0 Å². The van der Waals surface area contributed by atoms with E-state index in [0.29, 0.717) is 0 Å². The highest BCUT2D eigenvalue weighted by atomic mass is 16.2. The summed E-state index contributed by atoms with van der Waals surface area (Å²) in [6.45, 7) is 6.24. The van der Waals surface area contributed by atoms with Crippen LogP contribution in [0.15, 0.2) is 24.3 Å². The van der Waals surface area contributed by atoms with Crippen LogP contribution < -0.4 is 16.0 Å². The molecule has 1 aliphatic carbocycles. The SMILES string of the molecule is CCN(CC)c1ccc(NC(=O)C2(N)CCCCC2)cc1. The third-order valence-electron chi connectivity index (χ3n) is 4.45. The largest absolute Gasteiger partial charge is 0.372 e. The van der Waals surface area contributed by atoms with E-state index in [4.69, 9.17) is 5.73 Å². The molecule has 0 spiro atoms. The number of carbonyl (C=O) groups excluding carboxylic acids is 1. The van der Waals surface area contributed by atoms with Crippen LogP contribution in [0.5, 0.6) is 0 Å². The number of hydrogen-bond donors (Lipinski definition) is 2. The maximum absolute atomic E-state index is 12.4. The van der Waals surface area contributed by atoms with Crippen LogP contribution in [0, 0.1) is 0 Å². The van der Waals surface area contributed by atoms with Gasteiger partial charge in [-0.15, -0.1) is 0 Å². The Hall–Kier alpha value is -1.55. The zero-order chi connectivity index (χ0) is 15.3. The second kappa shape index (κ2) is 6.94. The van der Waals surface area contributed by atoms with Crippen LogP contribution in [0.4, 0.5) is 11.4 Å². The first-order valence-electron chi connectivity index (χ1n) is 8.04. The summed E-state index contributed by atoms with van der Waals surface area (Å²) < 4.78 is 0. The summed E-state index contributed by atoms with van der Waals surface area (Å²) in [7, 11) is 0.